The Morgan fingerprint density at radius 2 is 2.00 bits per heavy atom. The average molecular weight is 259 g/mol. The van der Waals surface area contributed by atoms with Crippen molar-refractivity contribution < 1.29 is 14.4 Å². The summed E-state index contributed by atoms with van der Waals surface area (Å²) >= 11 is 0. The molecule has 1 aromatic heterocycles. The first-order valence-electron chi connectivity index (χ1n) is 6.29. The lowest BCUT2D eigenvalue weighted by Gasteiger charge is -2.08. The highest BCUT2D eigenvalue weighted by atomic mass is 16.5. The van der Waals surface area contributed by atoms with E-state index in [9.17, 15) is 5.11 Å². The van der Waals surface area contributed by atoms with E-state index in [1.807, 2.05) is 29.8 Å². The van der Waals surface area contributed by atoms with E-state index in [4.69, 9.17) is 10.5 Å². The summed E-state index contributed by atoms with van der Waals surface area (Å²) in [6, 6.07) is 11.7. The monoisotopic (exact) mass is 259 g/mol. The van der Waals surface area contributed by atoms with Crippen molar-refractivity contribution in [2.24, 2.45) is 12.8 Å². The molecule has 0 spiro atoms. The topological polar surface area (TPSA) is 59.4 Å². The molecule has 2 rings (SSSR count). The minimum absolute atomic E-state index is 0.131. The summed E-state index contributed by atoms with van der Waals surface area (Å²) in [6.07, 6.45) is 2.56. The summed E-state index contributed by atoms with van der Waals surface area (Å²) in [7, 11) is 1.88. The van der Waals surface area contributed by atoms with Gasteiger partial charge in [0.25, 0.3) is 0 Å². The Bertz CT molecular complexity index is 541. The van der Waals surface area contributed by atoms with Gasteiger partial charge in [-0.1, -0.05) is 30.3 Å². The van der Waals surface area contributed by atoms with Gasteiger partial charge in [-0.05, 0) is 5.56 Å². The van der Waals surface area contributed by atoms with Crippen LogP contribution in [0.4, 0.5) is 0 Å². The van der Waals surface area contributed by atoms with Gasteiger partial charge in [-0.3, -0.25) is 0 Å². The van der Waals surface area contributed by atoms with Crippen molar-refractivity contribution in [2.45, 2.75) is 13.0 Å². The van der Waals surface area contributed by atoms with Gasteiger partial charge in [-0.15, -0.1) is 0 Å². The van der Waals surface area contributed by atoms with Crippen LogP contribution in [0.2, 0.25) is 0 Å². The van der Waals surface area contributed by atoms with E-state index in [0.29, 0.717) is 18.9 Å². The Morgan fingerprint density at radius 3 is 2.68 bits per heavy atom. The lowest BCUT2D eigenvalue weighted by atomic mass is 10.2. The Balaban J connectivity index is 1.98. The van der Waals surface area contributed by atoms with Crippen molar-refractivity contribution in [1.29, 1.82) is 0 Å². The molecule has 19 heavy (non-hydrogen) atoms. The zero-order valence-electron chi connectivity index (χ0n) is 11.0. The molecule has 0 bridgehead atoms. The number of nitrogens with two attached hydrogens (primary N) is 1. The van der Waals surface area contributed by atoms with Crippen molar-refractivity contribution in [3.05, 3.63) is 53.9 Å². The van der Waals surface area contributed by atoms with Crippen LogP contribution >= 0.6 is 0 Å². The quantitative estimate of drug-likeness (QED) is 0.796. The average Bonchev–Trinajstić information content (AvgIpc) is 2.43. The van der Waals surface area contributed by atoms with Gasteiger partial charge >= 0.3 is 0 Å². The SMILES string of the molecule is C[n+]1cc(OCCc2ccccc2)c(O)cc1CN. The van der Waals surface area contributed by atoms with Gasteiger partial charge in [0.05, 0.1) is 19.2 Å². The van der Waals surface area contributed by atoms with Crippen LogP contribution in [0.25, 0.3) is 0 Å². The maximum Gasteiger partial charge on any atom is 0.225 e. The number of ether oxygens (including phenoxy) is 1. The maximum absolute atomic E-state index is 9.85. The second-order valence-electron chi connectivity index (χ2n) is 4.41. The summed E-state index contributed by atoms with van der Waals surface area (Å²) in [4.78, 5) is 0. The van der Waals surface area contributed by atoms with Crippen LogP contribution in [0.1, 0.15) is 11.3 Å². The van der Waals surface area contributed by atoms with Crippen molar-refractivity contribution in [2.75, 3.05) is 6.61 Å². The van der Waals surface area contributed by atoms with Gasteiger partial charge in [0.2, 0.25) is 11.9 Å². The molecule has 100 valence electrons. The fraction of sp³-hybridized carbons (Fsp3) is 0.267. The predicted molar refractivity (Wildman–Crippen MR) is 72.8 cm³/mol. The highest BCUT2D eigenvalue weighted by molar-refractivity contribution is 5.35. The Hall–Kier alpha value is -2.07. The summed E-state index contributed by atoms with van der Waals surface area (Å²) in [5.74, 6) is 0.613. The molecule has 3 N–H and O–H groups in total. The lowest BCUT2D eigenvalue weighted by molar-refractivity contribution is -0.679. The van der Waals surface area contributed by atoms with Crippen molar-refractivity contribution >= 4 is 0 Å². The number of benzene rings is 1. The molecule has 4 heteroatoms. The first kappa shape index (κ1) is 13.4. The molecule has 0 aliphatic heterocycles. The molecule has 1 aromatic carbocycles. The van der Waals surface area contributed by atoms with E-state index in [0.717, 1.165) is 12.1 Å². The third kappa shape index (κ3) is 3.45. The molecule has 2 aromatic rings. The maximum atomic E-state index is 9.85. The van der Waals surface area contributed by atoms with Crippen LogP contribution in [-0.4, -0.2) is 11.7 Å². The first-order chi connectivity index (χ1) is 9.20. The number of hydrogen-bond acceptors (Lipinski definition) is 3. The van der Waals surface area contributed by atoms with E-state index in [-0.39, 0.29) is 5.75 Å². The van der Waals surface area contributed by atoms with E-state index >= 15 is 0 Å². The van der Waals surface area contributed by atoms with Crippen molar-refractivity contribution in [3.63, 3.8) is 0 Å². The Morgan fingerprint density at radius 1 is 1.26 bits per heavy atom. The minimum Gasteiger partial charge on any atom is -0.504 e. The normalized spacial score (nSPS) is 10.4. The smallest absolute Gasteiger partial charge is 0.225 e. The zero-order valence-corrected chi connectivity index (χ0v) is 11.0. The fourth-order valence-corrected chi connectivity index (χ4v) is 1.89. The molecule has 0 saturated heterocycles. The molecule has 0 atom stereocenters. The van der Waals surface area contributed by atoms with Crippen LogP contribution in [0.5, 0.6) is 11.5 Å². The number of nitrogens with zero attached hydrogens (tertiary/aromatic N) is 1. The molecular weight excluding hydrogens is 240 g/mol. The van der Waals surface area contributed by atoms with E-state index in [2.05, 4.69) is 12.1 Å². The molecule has 4 nitrogen and oxygen atoms in total. The van der Waals surface area contributed by atoms with E-state index in [1.54, 1.807) is 12.3 Å². The summed E-state index contributed by atoms with van der Waals surface area (Å²) < 4.78 is 7.47. The summed E-state index contributed by atoms with van der Waals surface area (Å²) in [5.41, 5.74) is 7.64. The molecule has 0 aliphatic rings. The zero-order chi connectivity index (χ0) is 13.7. The molecule has 0 amide bonds. The van der Waals surface area contributed by atoms with Gasteiger partial charge in [-0.2, -0.15) is 0 Å². The number of hydrogen-bond donors (Lipinski definition) is 2. The Labute approximate surface area is 113 Å². The highest BCUT2D eigenvalue weighted by Crippen LogP contribution is 2.24. The van der Waals surface area contributed by atoms with Gasteiger partial charge in [0, 0.05) is 6.42 Å². The van der Waals surface area contributed by atoms with E-state index in [1.165, 1.54) is 5.56 Å². The minimum atomic E-state index is 0.131. The highest BCUT2D eigenvalue weighted by Gasteiger charge is 2.13. The first-order valence-corrected chi connectivity index (χ1v) is 6.29. The molecular formula is C15H19N2O2+. The predicted octanol–water partition coefficient (Wildman–Crippen LogP) is 1.30. The third-order valence-corrected chi connectivity index (χ3v) is 3.02. The molecule has 0 radical (unpaired) electrons. The fourth-order valence-electron chi connectivity index (χ4n) is 1.89. The van der Waals surface area contributed by atoms with Gasteiger partial charge in [0.1, 0.15) is 7.05 Å². The lowest BCUT2D eigenvalue weighted by Crippen LogP contribution is -2.34. The van der Waals surface area contributed by atoms with Crippen LogP contribution < -0.4 is 15.0 Å². The largest absolute Gasteiger partial charge is 0.504 e. The molecule has 1 heterocycles. The number of aromatic nitrogens is 1. The van der Waals surface area contributed by atoms with Crippen LogP contribution in [0, 0.1) is 0 Å². The standard InChI is InChI=1S/C15H18N2O2/c1-17-11-15(14(18)9-13(17)10-16)19-8-7-12-5-3-2-4-6-12/h2-6,9,11H,7-8,10,16H2,1H3/p+1. The van der Waals surface area contributed by atoms with E-state index < -0.39 is 0 Å². The number of rotatable bonds is 5. The van der Waals surface area contributed by atoms with Gasteiger partial charge in [-0.25, -0.2) is 4.57 Å². The van der Waals surface area contributed by atoms with Crippen molar-refractivity contribution in [1.82, 2.24) is 0 Å². The number of aromatic hydroxyl groups is 1. The number of pyridine rings is 1. The molecule has 0 fully saturated rings. The Kier molecular flexibility index (Phi) is 4.36. The second-order valence-corrected chi connectivity index (χ2v) is 4.41. The van der Waals surface area contributed by atoms with Gasteiger partial charge < -0.3 is 15.6 Å². The van der Waals surface area contributed by atoms with Crippen molar-refractivity contribution in [3.8, 4) is 11.5 Å². The van der Waals surface area contributed by atoms with Crippen LogP contribution in [0.3, 0.4) is 0 Å². The molecule has 0 unspecified atom stereocenters. The molecule has 0 saturated carbocycles. The van der Waals surface area contributed by atoms with Crippen LogP contribution in [-0.2, 0) is 20.0 Å². The number of aryl methyl sites for hydroxylation is 1. The van der Waals surface area contributed by atoms with Crippen LogP contribution in [0.15, 0.2) is 42.6 Å². The summed E-state index contributed by atoms with van der Waals surface area (Å²) in [5, 5.41) is 9.85. The third-order valence-electron chi connectivity index (χ3n) is 3.02. The second kappa shape index (κ2) is 6.20. The summed E-state index contributed by atoms with van der Waals surface area (Å²) in [6.45, 7) is 0.911. The molecule has 0 aliphatic carbocycles. The van der Waals surface area contributed by atoms with Gasteiger partial charge in [0.15, 0.2) is 11.4 Å².